The Morgan fingerprint density at radius 2 is 1.92 bits per heavy atom. The molecule has 8 heteroatoms. The van der Waals surface area contributed by atoms with E-state index in [4.69, 9.17) is 0 Å². The molecule has 3 rings (SSSR count). The van der Waals surface area contributed by atoms with Gasteiger partial charge in [-0.15, -0.1) is 0 Å². The fraction of sp³-hybridized carbons (Fsp3) is 0.529. The van der Waals surface area contributed by atoms with Crippen molar-refractivity contribution in [2.45, 2.75) is 44.3 Å². The minimum atomic E-state index is -4.48. The van der Waals surface area contributed by atoms with Crippen LogP contribution in [0.4, 0.5) is 24.5 Å². The fourth-order valence-corrected chi connectivity index (χ4v) is 3.25. The van der Waals surface area contributed by atoms with Crippen LogP contribution in [0.5, 0.6) is 0 Å². The lowest BCUT2D eigenvalue weighted by Crippen LogP contribution is -2.38. The lowest BCUT2D eigenvalue weighted by Gasteiger charge is -2.31. The molecule has 2 heterocycles. The number of amides is 2. The smallest absolute Gasteiger partial charge is 0.370 e. The largest absolute Gasteiger partial charge is 0.416 e. The number of hydrogen-bond acceptors (Lipinski definition) is 3. The number of rotatable bonds is 3. The lowest BCUT2D eigenvalue weighted by molar-refractivity contribution is -0.137. The summed E-state index contributed by atoms with van der Waals surface area (Å²) < 4.78 is 39.1. The summed E-state index contributed by atoms with van der Waals surface area (Å²) in [4.78, 5) is 25.6. The molecule has 0 radical (unpaired) electrons. The van der Waals surface area contributed by atoms with Crippen LogP contribution in [0.25, 0.3) is 0 Å². The predicted octanol–water partition coefficient (Wildman–Crippen LogP) is 2.91. The normalized spacial score (nSPS) is 21.2. The first-order valence-corrected chi connectivity index (χ1v) is 8.41. The second-order valence-electron chi connectivity index (χ2n) is 6.43. The van der Waals surface area contributed by atoms with Crippen LogP contribution < -0.4 is 15.5 Å². The molecule has 0 aliphatic carbocycles. The van der Waals surface area contributed by atoms with Crippen molar-refractivity contribution in [2.24, 2.45) is 0 Å². The Labute approximate surface area is 143 Å². The summed E-state index contributed by atoms with van der Waals surface area (Å²) in [6.45, 7) is 1.49. The van der Waals surface area contributed by atoms with E-state index in [1.165, 1.54) is 6.07 Å². The molecule has 1 aromatic carbocycles. The Hall–Kier alpha value is -2.25. The molecule has 2 N–H and O–H groups in total. The number of anilines is 2. The Kier molecular flexibility index (Phi) is 4.87. The standard InChI is InChI=1S/C17H20F3N3O2/c18-17(19,20)11-4-6-14(23-8-2-1-3-9-23)13(10-11)22-16(25)12-5-7-15(24)21-12/h4,6,10,12H,1-3,5,7-9H2,(H,21,24)(H,22,25). The van der Waals surface area contributed by atoms with Gasteiger partial charge < -0.3 is 15.5 Å². The maximum absolute atomic E-state index is 13.0. The Morgan fingerprint density at radius 3 is 2.52 bits per heavy atom. The molecule has 0 saturated carbocycles. The van der Waals surface area contributed by atoms with E-state index in [0.29, 0.717) is 12.1 Å². The van der Waals surface area contributed by atoms with Gasteiger partial charge in [-0.25, -0.2) is 0 Å². The molecule has 1 atom stereocenters. The molecule has 136 valence electrons. The first-order valence-electron chi connectivity index (χ1n) is 8.41. The zero-order valence-corrected chi connectivity index (χ0v) is 13.7. The molecule has 0 bridgehead atoms. The van der Waals surface area contributed by atoms with Crippen LogP contribution in [0.1, 0.15) is 37.7 Å². The lowest BCUT2D eigenvalue weighted by atomic mass is 10.1. The predicted molar refractivity (Wildman–Crippen MR) is 87.3 cm³/mol. The summed E-state index contributed by atoms with van der Waals surface area (Å²) >= 11 is 0. The third kappa shape index (κ3) is 4.05. The first-order chi connectivity index (χ1) is 11.8. The molecule has 25 heavy (non-hydrogen) atoms. The van der Waals surface area contributed by atoms with Crippen molar-refractivity contribution in [2.75, 3.05) is 23.3 Å². The molecular formula is C17H20F3N3O2. The van der Waals surface area contributed by atoms with Crippen LogP contribution in [0.2, 0.25) is 0 Å². The number of halogens is 3. The van der Waals surface area contributed by atoms with Crippen LogP contribution in [0.3, 0.4) is 0 Å². The molecular weight excluding hydrogens is 335 g/mol. The van der Waals surface area contributed by atoms with Crippen molar-refractivity contribution in [1.82, 2.24) is 5.32 Å². The van der Waals surface area contributed by atoms with Crippen molar-refractivity contribution < 1.29 is 22.8 Å². The summed E-state index contributed by atoms with van der Waals surface area (Å²) in [7, 11) is 0. The zero-order chi connectivity index (χ0) is 18.0. The molecule has 2 aliphatic heterocycles. The average molecular weight is 355 g/mol. The maximum Gasteiger partial charge on any atom is 0.416 e. The third-order valence-electron chi connectivity index (χ3n) is 4.59. The van der Waals surface area contributed by atoms with Crippen molar-refractivity contribution in [3.63, 3.8) is 0 Å². The number of carbonyl (C=O) groups excluding carboxylic acids is 2. The molecule has 5 nitrogen and oxygen atoms in total. The van der Waals surface area contributed by atoms with Crippen molar-refractivity contribution >= 4 is 23.2 Å². The molecule has 2 saturated heterocycles. The second kappa shape index (κ2) is 6.93. The number of nitrogens with zero attached hydrogens (tertiary/aromatic N) is 1. The monoisotopic (exact) mass is 355 g/mol. The van der Waals surface area contributed by atoms with E-state index in [0.717, 1.165) is 44.5 Å². The van der Waals surface area contributed by atoms with Gasteiger partial charge in [-0.2, -0.15) is 13.2 Å². The highest BCUT2D eigenvalue weighted by Crippen LogP contribution is 2.36. The van der Waals surface area contributed by atoms with Crippen molar-refractivity contribution in [1.29, 1.82) is 0 Å². The molecule has 1 unspecified atom stereocenters. The van der Waals surface area contributed by atoms with Gasteiger partial charge in [0.2, 0.25) is 11.8 Å². The van der Waals surface area contributed by atoms with Crippen LogP contribution in [-0.4, -0.2) is 30.9 Å². The molecule has 2 amide bonds. The topological polar surface area (TPSA) is 61.4 Å². The second-order valence-corrected chi connectivity index (χ2v) is 6.43. The van der Waals surface area contributed by atoms with E-state index in [-0.39, 0.29) is 18.0 Å². The van der Waals surface area contributed by atoms with Gasteiger partial charge in [-0.3, -0.25) is 9.59 Å². The maximum atomic E-state index is 13.0. The van der Waals surface area contributed by atoms with Gasteiger partial charge in [0.25, 0.3) is 0 Å². The summed E-state index contributed by atoms with van der Waals surface area (Å²) in [5.41, 5.74) is -0.0766. The van der Waals surface area contributed by atoms with Crippen LogP contribution >= 0.6 is 0 Å². The Bertz CT molecular complexity index is 670. The van der Waals surface area contributed by atoms with Gasteiger partial charge in [0.1, 0.15) is 6.04 Å². The molecule has 1 aromatic rings. The zero-order valence-electron chi connectivity index (χ0n) is 13.7. The molecule has 2 fully saturated rings. The summed E-state index contributed by atoms with van der Waals surface area (Å²) in [6.07, 6.45) is -0.864. The highest BCUT2D eigenvalue weighted by atomic mass is 19.4. The first kappa shape index (κ1) is 17.6. The molecule has 2 aliphatic rings. The van der Waals surface area contributed by atoms with E-state index in [2.05, 4.69) is 10.6 Å². The van der Waals surface area contributed by atoms with Gasteiger partial charge >= 0.3 is 6.18 Å². The Balaban J connectivity index is 1.87. The summed E-state index contributed by atoms with van der Waals surface area (Å²) in [5.74, 6) is -0.705. The van der Waals surface area contributed by atoms with Gasteiger partial charge in [-0.05, 0) is 43.9 Å². The minimum Gasteiger partial charge on any atom is -0.370 e. The number of hydrogen-bond donors (Lipinski definition) is 2. The number of nitrogens with one attached hydrogen (secondary N) is 2. The van der Waals surface area contributed by atoms with E-state index < -0.39 is 23.7 Å². The van der Waals surface area contributed by atoms with E-state index in [9.17, 15) is 22.8 Å². The average Bonchev–Trinajstić information content (AvgIpc) is 3.01. The quantitative estimate of drug-likeness (QED) is 0.876. The van der Waals surface area contributed by atoms with Crippen molar-refractivity contribution in [3.8, 4) is 0 Å². The Morgan fingerprint density at radius 1 is 1.20 bits per heavy atom. The minimum absolute atomic E-state index is 0.142. The van der Waals surface area contributed by atoms with E-state index >= 15 is 0 Å². The van der Waals surface area contributed by atoms with E-state index in [1.54, 1.807) is 0 Å². The highest BCUT2D eigenvalue weighted by molar-refractivity contribution is 6.01. The summed E-state index contributed by atoms with van der Waals surface area (Å²) in [6, 6.07) is 2.73. The van der Waals surface area contributed by atoms with Gasteiger partial charge in [0, 0.05) is 19.5 Å². The van der Waals surface area contributed by atoms with Gasteiger partial charge in [0.05, 0.1) is 16.9 Å². The van der Waals surface area contributed by atoms with Gasteiger partial charge in [-0.1, -0.05) is 0 Å². The molecule has 0 aromatic heterocycles. The third-order valence-corrected chi connectivity index (χ3v) is 4.59. The van der Waals surface area contributed by atoms with E-state index in [1.807, 2.05) is 4.90 Å². The summed E-state index contributed by atoms with van der Waals surface area (Å²) in [5, 5.41) is 5.12. The van der Waals surface area contributed by atoms with Crippen LogP contribution in [-0.2, 0) is 15.8 Å². The fourth-order valence-electron chi connectivity index (χ4n) is 3.25. The number of carbonyl (C=O) groups is 2. The SMILES string of the molecule is O=C1CCC(C(=O)Nc2cc(C(F)(F)F)ccc2N2CCCCC2)N1. The highest BCUT2D eigenvalue weighted by Gasteiger charge is 2.33. The number of alkyl halides is 3. The van der Waals surface area contributed by atoms with Crippen LogP contribution in [0.15, 0.2) is 18.2 Å². The van der Waals surface area contributed by atoms with Gasteiger partial charge in [0.15, 0.2) is 0 Å². The van der Waals surface area contributed by atoms with Crippen molar-refractivity contribution in [3.05, 3.63) is 23.8 Å². The molecule has 0 spiro atoms. The number of piperidine rings is 1. The number of benzene rings is 1. The van der Waals surface area contributed by atoms with Crippen LogP contribution in [0, 0.1) is 0 Å².